The number of hydrogen-bond acceptors (Lipinski definition) is 4. The van der Waals surface area contributed by atoms with E-state index in [2.05, 4.69) is 4.90 Å². The van der Waals surface area contributed by atoms with Crippen LogP contribution >= 0.6 is 0 Å². The number of halogens is 3. The van der Waals surface area contributed by atoms with Crippen LogP contribution in [0.1, 0.15) is 30.0 Å². The number of carboxylic acid groups (broad SMARTS) is 1. The second kappa shape index (κ2) is 9.38. The summed E-state index contributed by atoms with van der Waals surface area (Å²) in [6.07, 6.45) is -3.07. The van der Waals surface area contributed by atoms with Gasteiger partial charge in [0, 0.05) is 32.8 Å². The quantitative estimate of drug-likeness (QED) is 0.694. The Morgan fingerprint density at radius 1 is 1.06 bits per heavy atom. The topological polar surface area (TPSA) is 62.2 Å². The van der Waals surface area contributed by atoms with Crippen LogP contribution in [-0.4, -0.2) is 59.9 Å². The van der Waals surface area contributed by atoms with E-state index >= 15 is 0 Å². The predicted molar refractivity (Wildman–Crippen MR) is 111 cm³/mol. The van der Waals surface area contributed by atoms with Crippen LogP contribution in [0.15, 0.2) is 48.5 Å². The first-order chi connectivity index (χ1) is 15.3. The van der Waals surface area contributed by atoms with E-state index in [1.165, 1.54) is 17.0 Å². The van der Waals surface area contributed by atoms with Gasteiger partial charge < -0.3 is 14.6 Å². The molecule has 0 saturated carbocycles. The van der Waals surface area contributed by atoms with Gasteiger partial charge in [0.05, 0.1) is 17.7 Å². The zero-order valence-corrected chi connectivity index (χ0v) is 17.4. The number of alkyl halides is 3. The van der Waals surface area contributed by atoms with Gasteiger partial charge in [-0.05, 0) is 54.8 Å². The highest BCUT2D eigenvalue weighted by atomic mass is 19.4. The third-order valence-corrected chi connectivity index (χ3v) is 5.88. The number of ether oxygens (including phenoxy) is 2. The van der Waals surface area contributed by atoms with Crippen molar-refractivity contribution in [2.75, 3.05) is 32.8 Å². The van der Waals surface area contributed by atoms with E-state index in [0.717, 1.165) is 43.7 Å². The number of nitrogens with zero attached hydrogens (tertiary/aromatic N) is 2. The molecule has 2 unspecified atom stereocenters. The Bertz CT molecular complexity index is 912. The van der Waals surface area contributed by atoms with E-state index in [1.807, 2.05) is 0 Å². The number of benzene rings is 2. The fourth-order valence-corrected chi connectivity index (χ4v) is 4.20. The summed E-state index contributed by atoms with van der Waals surface area (Å²) in [5.41, 5.74) is 0.100. The first kappa shape index (κ1) is 22.4. The number of carbonyl (C=O) groups is 1. The molecule has 0 aliphatic carbocycles. The first-order valence-electron chi connectivity index (χ1n) is 10.6. The molecular formula is C23H25F3N2O4. The average Bonchev–Trinajstić information content (AvgIpc) is 3.27. The van der Waals surface area contributed by atoms with Gasteiger partial charge in [0.15, 0.2) is 0 Å². The van der Waals surface area contributed by atoms with Crippen LogP contribution < -0.4 is 4.74 Å². The van der Waals surface area contributed by atoms with Crippen molar-refractivity contribution in [3.05, 3.63) is 59.7 Å². The molecule has 32 heavy (non-hydrogen) atoms. The molecule has 9 heteroatoms. The van der Waals surface area contributed by atoms with Crippen molar-refractivity contribution in [1.82, 2.24) is 9.80 Å². The third-order valence-electron chi connectivity index (χ3n) is 5.88. The fourth-order valence-electron chi connectivity index (χ4n) is 4.20. The van der Waals surface area contributed by atoms with Crippen molar-refractivity contribution < 1.29 is 32.5 Å². The van der Waals surface area contributed by atoms with Crippen LogP contribution in [0, 0.1) is 0 Å². The maximum absolute atomic E-state index is 12.7. The van der Waals surface area contributed by atoms with E-state index in [0.29, 0.717) is 31.1 Å². The number of rotatable bonds is 5. The van der Waals surface area contributed by atoms with Gasteiger partial charge in [-0.25, -0.2) is 4.79 Å². The molecule has 2 aromatic rings. The molecule has 0 bridgehead atoms. The van der Waals surface area contributed by atoms with Gasteiger partial charge in [-0.15, -0.1) is 0 Å². The lowest BCUT2D eigenvalue weighted by Gasteiger charge is -2.41. The minimum Gasteiger partial charge on any atom is -0.465 e. The summed E-state index contributed by atoms with van der Waals surface area (Å²) in [5, 5.41) is 9.65. The highest BCUT2D eigenvalue weighted by molar-refractivity contribution is 5.66. The SMILES string of the molecule is O=C(O)N1CCN(CC2CCCO2)CC1c1ccc(Oc2ccc(C(F)(F)F)cc2)cc1. The van der Waals surface area contributed by atoms with E-state index in [1.54, 1.807) is 24.3 Å². The normalized spacial score (nSPS) is 22.2. The molecule has 0 radical (unpaired) electrons. The van der Waals surface area contributed by atoms with Gasteiger partial charge in [0.25, 0.3) is 0 Å². The van der Waals surface area contributed by atoms with Crippen LogP contribution in [0.2, 0.25) is 0 Å². The molecule has 6 nitrogen and oxygen atoms in total. The maximum Gasteiger partial charge on any atom is 0.416 e. The molecule has 0 spiro atoms. The molecule has 2 atom stereocenters. The lowest BCUT2D eigenvalue weighted by atomic mass is 10.0. The van der Waals surface area contributed by atoms with Gasteiger partial charge in [0.1, 0.15) is 11.5 Å². The van der Waals surface area contributed by atoms with E-state index in [4.69, 9.17) is 9.47 Å². The van der Waals surface area contributed by atoms with Crippen LogP contribution in [0.4, 0.5) is 18.0 Å². The lowest BCUT2D eigenvalue weighted by molar-refractivity contribution is -0.137. The highest BCUT2D eigenvalue weighted by Gasteiger charge is 2.33. The van der Waals surface area contributed by atoms with E-state index in [-0.39, 0.29) is 12.1 Å². The van der Waals surface area contributed by atoms with Gasteiger partial charge in [0.2, 0.25) is 0 Å². The maximum atomic E-state index is 12.7. The molecule has 2 heterocycles. The smallest absolute Gasteiger partial charge is 0.416 e. The molecule has 2 aliphatic heterocycles. The second-order valence-corrected chi connectivity index (χ2v) is 8.08. The average molecular weight is 450 g/mol. The molecule has 172 valence electrons. The van der Waals surface area contributed by atoms with E-state index in [9.17, 15) is 23.1 Å². The second-order valence-electron chi connectivity index (χ2n) is 8.08. The van der Waals surface area contributed by atoms with E-state index < -0.39 is 17.8 Å². The standard InChI is InChI=1S/C23H25F3N2O4/c24-23(25,26)17-5-9-19(10-6-17)32-18-7-3-16(4-8-18)21-15-27(11-12-28(21)22(29)30)14-20-2-1-13-31-20/h3-10,20-21H,1-2,11-15H2,(H,29,30). The zero-order chi connectivity index (χ0) is 22.7. The molecule has 4 rings (SSSR count). The van der Waals surface area contributed by atoms with Crippen LogP contribution in [-0.2, 0) is 10.9 Å². The van der Waals surface area contributed by atoms with Crippen LogP contribution in [0.25, 0.3) is 0 Å². The Morgan fingerprint density at radius 2 is 1.72 bits per heavy atom. The van der Waals surface area contributed by atoms with Crippen molar-refractivity contribution in [3.8, 4) is 11.5 Å². The fraction of sp³-hybridized carbons (Fsp3) is 0.435. The number of hydrogen-bond donors (Lipinski definition) is 1. The number of amides is 1. The Morgan fingerprint density at radius 3 is 2.28 bits per heavy atom. The van der Waals surface area contributed by atoms with Crippen LogP contribution in [0.3, 0.4) is 0 Å². The summed E-state index contributed by atoms with van der Waals surface area (Å²) in [5.74, 6) is 0.751. The Hall–Kier alpha value is -2.78. The molecule has 2 fully saturated rings. The summed E-state index contributed by atoms with van der Waals surface area (Å²) in [4.78, 5) is 15.5. The predicted octanol–water partition coefficient (Wildman–Crippen LogP) is 5.01. The summed E-state index contributed by atoms with van der Waals surface area (Å²) in [6.45, 7) is 3.22. The molecule has 2 aromatic carbocycles. The Kier molecular flexibility index (Phi) is 6.57. The van der Waals surface area contributed by atoms with Gasteiger partial charge >= 0.3 is 12.3 Å². The van der Waals surface area contributed by atoms with Crippen molar-refractivity contribution in [2.45, 2.75) is 31.2 Å². The minimum absolute atomic E-state index is 0.200. The molecule has 1 N–H and O–H groups in total. The monoisotopic (exact) mass is 450 g/mol. The zero-order valence-electron chi connectivity index (χ0n) is 17.4. The minimum atomic E-state index is -4.39. The van der Waals surface area contributed by atoms with Crippen LogP contribution in [0.5, 0.6) is 11.5 Å². The molecule has 0 aromatic heterocycles. The molecule has 2 aliphatic rings. The molecular weight excluding hydrogens is 425 g/mol. The molecule has 1 amide bonds. The molecule has 2 saturated heterocycles. The number of piperazine rings is 1. The summed E-state index contributed by atoms with van der Waals surface area (Å²) in [7, 11) is 0. The van der Waals surface area contributed by atoms with Crippen molar-refractivity contribution in [3.63, 3.8) is 0 Å². The largest absolute Gasteiger partial charge is 0.465 e. The van der Waals surface area contributed by atoms with Crippen molar-refractivity contribution >= 4 is 6.09 Å². The summed E-state index contributed by atoms with van der Waals surface area (Å²) < 4.78 is 49.5. The first-order valence-corrected chi connectivity index (χ1v) is 10.6. The van der Waals surface area contributed by atoms with Crippen molar-refractivity contribution in [2.24, 2.45) is 0 Å². The Balaban J connectivity index is 1.43. The highest BCUT2D eigenvalue weighted by Crippen LogP contribution is 2.32. The summed E-state index contributed by atoms with van der Waals surface area (Å²) in [6, 6.07) is 11.2. The Labute approximate surface area is 184 Å². The lowest BCUT2D eigenvalue weighted by Crippen LogP contribution is -2.51. The van der Waals surface area contributed by atoms with Gasteiger partial charge in [-0.3, -0.25) is 9.80 Å². The van der Waals surface area contributed by atoms with Gasteiger partial charge in [-0.2, -0.15) is 13.2 Å². The third kappa shape index (κ3) is 5.34. The van der Waals surface area contributed by atoms with Gasteiger partial charge in [-0.1, -0.05) is 12.1 Å². The summed E-state index contributed by atoms with van der Waals surface area (Å²) >= 11 is 0. The van der Waals surface area contributed by atoms with Crippen molar-refractivity contribution in [1.29, 1.82) is 0 Å².